The van der Waals surface area contributed by atoms with Crippen LogP contribution in [0.3, 0.4) is 0 Å². The molecule has 4 nitrogen and oxygen atoms in total. The summed E-state index contributed by atoms with van der Waals surface area (Å²) in [7, 11) is 0. The highest BCUT2D eigenvalue weighted by Crippen LogP contribution is 2.25. The lowest BCUT2D eigenvalue weighted by Gasteiger charge is -2.32. The van der Waals surface area contributed by atoms with E-state index in [0.29, 0.717) is 12.5 Å². The third kappa shape index (κ3) is 2.40. The maximum atomic E-state index is 11.3. The zero-order chi connectivity index (χ0) is 12.5. The van der Waals surface area contributed by atoms with Gasteiger partial charge in [0.15, 0.2) is 0 Å². The van der Waals surface area contributed by atoms with Crippen LogP contribution in [0, 0.1) is 5.92 Å². The Morgan fingerprint density at radius 1 is 1.39 bits per heavy atom. The van der Waals surface area contributed by atoms with E-state index in [0.717, 1.165) is 43.1 Å². The van der Waals surface area contributed by atoms with Crippen LogP contribution < -0.4 is 16.4 Å². The summed E-state index contributed by atoms with van der Waals surface area (Å²) in [6.45, 7) is 1.91. The largest absolute Gasteiger partial charge is 0.328 e. The molecule has 1 aliphatic heterocycles. The number of nitrogens with two attached hydrogens (primary N) is 1. The lowest BCUT2D eigenvalue weighted by atomic mass is 9.81. The Morgan fingerprint density at radius 2 is 2.22 bits per heavy atom. The van der Waals surface area contributed by atoms with Gasteiger partial charge in [-0.05, 0) is 42.5 Å². The third-order valence-corrected chi connectivity index (χ3v) is 3.83. The van der Waals surface area contributed by atoms with Gasteiger partial charge in [0.05, 0.1) is 6.42 Å². The average Bonchev–Trinajstić information content (AvgIpc) is 2.66. The number of carbonyl (C=O) groups excluding carboxylic acids is 1. The number of fused-ring (bicyclic) bond motifs is 1. The minimum Gasteiger partial charge on any atom is -0.328 e. The summed E-state index contributed by atoms with van der Waals surface area (Å²) >= 11 is 0. The average molecular weight is 245 g/mol. The van der Waals surface area contributed by atoms with Crippen LogP contribution in [-0.2, 0) is 17.8 Å². The molecule has 0 aromatic heterocycles. The van der Waals surface area contributed by atoms with Gasteiger partial charge in [-0.1, -0.05) is 12.1 Å². The molecule has 0 saturated heterocycles. The fourth-order valence-electron chi connectivity index (χ4n) is 2.77. The standard InChI is InChI=1S/C14H19N3O/c15-12-4-10(5-12)8-16-7-9-1-2-13-11(3-9)6-14(18)17-13/h1-3,10,12,16H,4-8,15H2,(H,17,18). The Kier molecular flexibility index (Phi) is 3.06. The van der Waals surface area contributed by atoms with Crippen LogP contribution in [0.25, 0.3) is 0 Å². The van der Waals surface area contributed by atoms with Gasteiger partial charge in [-0.25, -0.2) is 0 Å². The number of carbonyl (C=O) groups is 1. The van der Waals surface area contributed by atoms with Crippen molar-refractivity contribution in [3.8, 4) is 0 Å². The van der Waals surface area contributed by atoms with Gasteiger partial charge in [0, 0.05) is 18.3 Å². The molecule has 1 fully saturated rings. The van der Waals surface area contributed by atoms with E-state index in [2.05, 4.69) is 22.8 Å². The van der Waals surface area contributed by atoms with Crippen LogP contribution in [0.5, 0.6) is 0 Å². The minimum atomic E-state index is 0.0959. The van der Waals surface area contributed by atoms with Crippen LogP contribution in [-0.4, -0.2) is 18.5 Å². The van der Waals surface area contributed by atoms with Crippen LogP contribution in [0.15, 0.2) is 18.2 Å². The first-order chi connectivity index (χ1) is 8.70. The van der Waals surface area contributed by atoms with E-state index < -0.39 is 0 Å². The van der Waals surface area contributed by atoms with E-state index in [4.69, 9.17) is 5.73 Å². The maximum Gasteiger partial charge on any atom is 0.228 e. The summed E-state index contributed by atoms with van der Waals surface area (Å²) in [5, 5.41) is 6.31. The number of anilines is 1. The van der Waals surface area contributed by atoms with Crippen molar-refractivity contribution in [1.29, 1.82) is 0 Å². The van der Waals surface area contributed by atoms with Crippen LogP contribution in [0.4, 0.5) is 5.69 Å². The fourth-order valence-corrected chi connectivity index (χ4v) is 2.77. The number of amides is 1. The first kappa shape index (κ1) is 11.7. The SMILES string of the molecule is NC1CC(CNCc2ccc3c(c2)CC(=O)N3)C1. The Bertz CT molecular complexity index is 466. The van der Waals surface area contributed by atoms with Gasteiger partial charge >= 0.3 is 0 Å². The molecular formula is C14H19N3O. The lowest BCUT2D eigenvalue weighted by molar-refractivity contribution is -0.115. The first-order valence-electron chi connectivity index (χ1n) is 6.58. The molecular weight excluding hydrogens is 226 g/mol. The van der Waals surface area contributed by atoms with Crippen molar-refractivity contribution in [2.45, 2.75) is 31.8 Å². The Labute approximate surface area is 107 Å². The molecule has 0 radical (unpaired) electrons. The van der Waals surface area contributed by atoms with Gasteiger partial charge in [0.25, 0.3) is 0 Å². The van der Waals surface area contributed by atoms with Crippen molar-refractivity contribution in [3.05, 3.63) is 29.3 Å². The summed E-state index contributed by atoms with van der Waals surface area (Å²) in [5.41, 5.74) is 9.09. The van der Waals surface area contributed by atoms with E-state index in [9.17, 15) is 4.79 Å². The third-order valence-electron chi connectivity index (χ3n) is 3.83. The van der Waals surface area contributed by atoms with Crippen LogP contribution >= 0.6 is 0 Å². The number of nitrogens with one attached hydrogen (secondary N) is 2. The normalized spacial score (nSPS) is 25.5. The Hall–Kier alpha value is -1.39. The van der Waals surface area contributed by atoms with Crippen molar-refractivity contribution < 1.29 is 4.79 Å². The highest BCUT2D eigenvalue weighted by atomic mass is 16.1. The summed E-state index contributed by atoms with van der Waals surface area (Å²) in [4.78, 5) is 11.3. The summed E-state index contributed by atoms with van der Waals surface area (Å²) in [5.74, 6) is 0.844. The summed E-state index contributed by atoms with van der Waals surface area (Å²) in [6.07, 6.45) is 2.81. The monoisotopic (exact) mass is 245 g/mol. The van der Waals surface area contributed by atoms with Crippen molar-refractivity contribution in [2.24, 2.45) is 11.7 Å². The molecule has 1 aliphatic carbocycles. The number of hydrogen-bond acceptors (Lipinski definition) is 3. The van der Waals surface area contributed by atoms with E-state index in [1.54, 1.807) is 0 Å². The molecule has 18 heavy (non-hydrogen) atoms. The summed E-state index contributed by atoms with van der Waals surface area (Å²) in [6, 6.07) is 6.61. The van der Waals surface area contributed by atoms with Crippen molar-refractivity contribution in [1.82, 2.24) is 5.32 Å². The second-order valence-electron chi connectivity index (χ2n) is 5.44. The quantitative estimate of drug-likeness (QED) is 0.741. The van der Waals surface area contributed by atoms with Crippen molar-refractivity contribution in [2.75, 3.05) is 11.9 Å². The van der Waals surface area contributed by atoms with Gasteiger partial charge in [0.1, 0.15) is 0 Å². The smallest absolute Gasteiger partial charge is 0.228 e. The van der Waals surface area contributed by atoms with Crippen molar-refractivity contribution in [3.63, 3.8) is 0 Å². The molecule has 0 unspecified atom stereocenters. The molecule has 1 saturated carbocycles. The molecule has 1 heterocycles. The highest BCUT2D eigenvalue weighted by molar-refractivity contribution is 5.99. The van der Waals surface area contributed by atoms with Gasteiger partial charge < -0.3 is 16.4 Å². The Balaban J connectivity index is 1.51. The summed E-state index contributed by atoms with van der Waals surface area (Å²) < 4.78 is 0. The zero-order valence-corrected chi connectivity index (χ0v) is 10.4. The van der Waals surface area contributed by atoms with E-state index in [-0.39, 0.29) is 5.91 Å². The van der Waals surface area contributed by atoms with E-state index in [1.807, 2.05) is 6.07 Å². The van der Waals surface area contributed by atoms with Crippen molar-refractivity contribution >= 4 is 11.6 Å². The topological polar surface area (TPSA) is 67.1 Å². The zero-order valence-electron chi connectivity index (χ0n) is 10.4. The number of benzene rings is 1. The highest BCUT2D eigenvalue weighted by Gasteiger charge is 2.25. The van der Waals surface area contributed by atoms with Crippen LogP contribution in [0.2, 0.25) is 0 Å². The van der Waals surface area contributed by atoms with Crippen LogP contribution in [0.1, 0.15) is 24.0 Å². The molecule has 3 rings (SSSR count). The molecule has 0 bridgehead atoms. The lowest BCUT2D eigenvalue weighted by Crippen LogP contribution is -2.41. The fraction of sp³-hybridized carbons (Fsp3) is 0.500. The van der Waals surface area contributed by atoms with Gasteiger partial charge in [-0.15, -0.1) is 0 Å². The molecule has 1 aromatic carbocycles. The van der Waals surface area contributed by atoms with Gasteiger partial charge in [-0.2, -0.15) is 0 Å². The van der Waals surface area contributed by atoms with Gasteiger partial charge in [-0.3, -0.25) is 4.79 Å². The molecule has 4 N–H and O–H groups in total. The maximum absolute atomic E-state index is 11.3. The molecule has 96 valence electrons. The molecule has 2 aliphatic rings. The number of hydrogen-bond donors (Lipinski definition) is 3. The van der Waals surface area contributed by atoms with E-state index in [1.165, 1.54) is 5.56 Å². The predicted molar refractivity (Wildman–Crippen MR) is 71.2 cm³/mol. The van der Waals surface area contributed by atoms with Gasteiger partial charge in [0.2, 0.25) is 5.91 Å². The molecule has 1 amide bonds. The molecule has 0 atom stereocenters. The molecule has 4 heteroatoms. The van der Waals surface area contributed by atoms with E-state index >= 15 is 0 Å². The predicted octanol–water partition coefficient (Wildman–Crippen LogP) is 1.01. The second-order valence-corrected chi connectivity index (χ2v) is 5.44. The Morgan fingerprint density at radius 3 is 3.00 bits per heavy atom. The molecule has 1 aromatic rings. The first-order valence-corrected chi connectivity index (χ1v) is 6.58. The number of rotatable bonds is 4. The minimum absolute atomic E-state index is 0.0959. The second kappa shape index (κ2) is 4.71. The molecule has 0 spiro atoms.